The van der Waals surface area contributed by atoms with Crippen LogP contribution in [-0.4, -0.2) is 0 Å². The maximum Gasteiger partial charge on any atom is 0.0155 e. The minimum atomic E-state index is 0. The minimum Gasteiger partial charge on any atom is -0.0776 e. The highest BCUT2D eigenvalue weighted by atomic mass is 14.4. The molecule has 0 fully saturated rings. The zero-order chi connectivity index (χ0) is 17.2. The van der Waals surface area contributed by atoms with Gasteiger partial charge in [0.15, 0.2) is 0 Å². The van der Waals surface area contributed by atoms with Gasteiger partial charge in [-0.15, -0.1) is 0 Å². The number of rotatable bonds is 0. The zero-order valence-corrected chi connectivity index (χ0v) is 15.1. The summed E-state index contributed by atoms with van der Waals surface area (Å²) in [5.74, 6) is 0. The average Bonchev–Trinajstić information content (AvgIpc) is 2.93. The fraction of sp³-hybridized carbons (Fsp3) is 0.280. The van der Waals surface area contributed by atoms with E-state index in [1.54, 1.807) is 0 Å². The fourth-order valence-electron chi connectivity index (χ4n) is 3.83. The molecular weight excluding hydrogens is 300 g/mol. The Morgan fingerprint density at radius 3 is 1.88 bits per heavy atom. The Morgan fingerprint density at radius 1 is 0.680 bits per heavy atom. The first-order chi connectivity index (χ1) is 11.7. The van der Waals surface area contributed by atoms with Gasteiger partial charge < -0.3 is 0 Å². The van der Waals surface area contributed by atoms with E-state index in [2.05, 4.69) is 86.7 Å². The molecule has 0 aliphatic heterocycles. The summed E-state index contributed by atoms with van der Waals surface area (Å²) in [6, 6.07) is 8.83. The number of hydrogen-bond donors (Lipinski definition) is 0. The molecule has 3 aliphatic rings. The Morgan fingerprint density at radius 2 is 1.20 bits per heavy atom. The van der Waals surface area contributed by atoms with Crippen LogP contribution in [0.2, 0.25) is 0 Å². The van der Waals surface area contributed by atoms with E-state index >= 15 is 0 Å². The number of benzene rings is 1. The Balaban J connectivity index is 0.000000726. The molecule has 0 saturated heterocycles. The molecular formula is C25H30. The maximum absolute atomic E-state index is 2.35. The first kappa shape index (κ1) is 19.0. The first-order valence-electron chi connectivity index (χ1n) is 8.94. The molecule has 4 rings (SSSR count). The molecule has 0 unspecified atom stereocenters. The van der Waals surface area contributed by atoms with Gasteiger partial charge in [0.2, 0.25) is 0 Å². The zero-order valence-electron chi connectivity index (χ0n) is 15.1. The molecule has 0 radical (unpaired) electrons. The van der Waals surface area contributed by atoms with Crippen molar-refractivity contribution in [2.75, 3.05) is 0 Å². The normalized spacial score (nSPS) is 18.9. The van der Waals surface area contributed by atoms with Crippen LogP contribution in [0.3, 0.4) is 0 Å². The van der Waals surface area contributed by atoms with Crippen LogP contribution < -0.4 is 0 Å². The van der Waals surface area contributed by atoms with Crippen molar-refractivity contribution in [1.82, 2.24) is 0 Å². The Hall–Kier alpha value is -2.34. The molecule has 0 spiro atoms. The highest BCUT2D eigenvalue weighted by Crippen LogP contribution is 2.50. The van der Waals surface area contributed by atoms with Crippen LogP contribution in [0.1, 0.15) is 52.7 Å². The second kappa shape index (κ2) is 7.70. The summed E-state index contributed by atoms with van der Waals surface area (Å²) in [4.78, 5) is 0. The third-order valence-corrected chi connectivity index (χ3v) is 4.98. The molecule has 3 aliphatic carbocycles. The van der Waals surface area contributed by atoms with Gasteiger partial charge >= 0.3 is 0 Å². The number of allylic oxidation sites excluding steroid dienone is 12. The lowest BCUT2D eigenvalue weighted by Crippen LogP contribution is -2.21. The van der Waals surface area contributed by atoms with E-state index in [4.69, 9.17) is 0 Å². The summed E-state index contributed by atoms with van der Waals surface area (Å²) in [6.45, 7) is 8.69. The van der Waals surface area contributed by atoms with Crippen LogP contribution in [0.5, 0.6) is 0 Å². The Labute approximate surface area is 153 Å². The lowest BCUT2D eigenvalue weighted by atomic mass is 9.67. The lowest BCUT2D eigenvalue weighted by Gasteiger charge is -2.36. The van der Waals surface area contributed by atoms with E-state index < -0.39 is 0 Å². The van der Waals surface area contributed by atoms with Crippen molar-refractivity contribution < 1.29 is 0 Å². The van der Waals surface area contributed by atoms with Crippen LogP contribution in [0.4, 0.5) is 0 Å². The summed E-state index contributed by atoms with van der Waals surface area (Å²) in [6.07, 6.45) is 18.8. The van der Waals surface area contributed by atoms with E-state index in [0.29, 0.717) is 0 Å². The predicted molar refractivity (Wildman–Crippen MR) is 113 cm³/mol. The van der Waals surface area contributed by atoms with Gasteiger partial charge in [-0.25, -0.2) is 0 Å². The van der Waals surface area contributed by atoms with Gasteiger partial charge in [-0.05, 0) is 39.8 Å². The van der Waals surface area contributed by atoms with Crippen LogP contribution in [0.25, 0.3) is 11.1 Å². The van der Waals surface area contributed by atoms with E-state index in [1.165, 1.54) is 33.4 Å². The highest BCUT2D eigenvalue weighted by Gasteiger charge is 2.34. The summed E-state index contributed by atoms with van der Waals surface area (Å²) < 4.78 is 0. The van der Waals surface area contributed by atoms with Crippen molar-refractivity contribution in [1.29, 1.82) is 0 Å². The summed E-state index contributed by atoms with van der Waals surface area (Å²) in [5.41, 5.74) is 8.41. The molecule has 0 N–H and O–H groups in total. The van der Waals surface area contributed by atoms with Crippen molar-refractivity contribution in [3.8, 4) is 0 Å². The Bertz CT molecular complexity index is 817. The van der Waals surface area contributed by atoms with Crippen LogP contribution in [-0.2, 0) is 0 Å². The van der Waals surface area contributed by atoms with E-state index in [9.17, 15) is 0 Å². The maximum atomic E-state index is 2.35. The van der Waals surface area contributed by atoms with Crippen molar-refractivity contribution in [3.63, 3.8) is 0 Å². The molecule has 0 atom stereocenters. The van der Waals surface area contributed by atoms with Crippen molar-refractivity contribution in [3.05, 3.63) is 95.1 Å². The van der Waals surface area contributed by atoms with Crippen LogP contribution >= 0.6 is 0 Å². The van der Waals surface area contributed by atoms with E-state index in [0.717, 1.165) is 6.42 Å². The number of hydrogen-bond acceptors (Lipinski definition) is 0. The molecule has 130 valence electrons. The van der Waals surface area contributed by atoms with Crippen molar-refractivity contribution in [2.24, 2.45) is 5.41 Å². The summed E-state index contributed by atoms with van der Waals surface area (Å²) in [5, 5.41) is 0. The molecule has 25 heavy (non-hydrogen) atoms. The molecule has 1 aromatic rings. The van der Waals surface area contributed by atoms with Crippen LogP contribution in [0.15, 0.2) is 84.0 Å². The minimum absolute atomic E-state index is 0. The summed E-state index contributed by atoms with van der Waals surface area (Å²) in [7, 11) is 0. The largest absolute Gasteiger partial charge is 0.0776 e. The van der Waals surface area contributed by atoms with Crippen molar-refractivity contribution >= 4 is 11.1 Å². The molecule has 0 nitrogen and oxygen atoms in total. The fourth-order valence-corrected chi connectivity index (χ4v) is 3.83. The van der Waals surface area contributed by atoms with Crippen molar-refractivity contribution in [2.45, 2.75) is 41.5 Å². The third-order valence-electron chi connectivity index (χ3n) is 4.98. The van der Waals surface area contributed by atoms with Crippen LogP contribution in [0, 0.1) is 5.41 Å². The molecule has 0 saturated carbocycles. The lowest BCUT2D eigenvalue weighted by molar-refractivity contribution is 0.606. The van der Waals surface area contributed by atoms with Gasteiger partial charge in [-0.3, -0.25) is 0 Å². The first-order valence-corrected chi connectivity index (χ1v) is 8.94. The second-order valence-corrected chi connectivity index (χ2v) is 6.66. The molecule has 1 aromatic carbocycles. The monoisotopic (exact) mass is 330 g/mol. The quantitative estimate of drug-likeness (QED) is 0.431. The summed E-state index contributed by atoms with van der Waals surface area (Å²) >= 11 is 0. The average molecular weight is 331 g/mol. The van der Waals surface area contributed by atoms with Gasteiger partial charge in [0, 0.05) is 5.41 Å². The van der Waals surface area contributed by atoms with Gasteiger partial charge in [0.25, 0.3) is 0 Å². The number of fused-ring (bicyclic) bond motifs is 8. The SMILES string of the molecule is C.CC.CC1(C)C2=CC=CC=C1c1ccccc1C1=CC=CC=C2C1. The third kappa shape index (κ3) is 3.26. The molecule has 0 aromatic heterocycles. The smallest absolute Gasteiger partial charge is 0.0155 e. The molecule has 0 amide bonds. The second-order valence-electron chi connectivity index (χ2n) is 6.66. The van der Waals surface area contributed by atoms with Gasteiger partial charge in [0.1, 0.15) is 0 Å². The molecule has 0 heterocycles. The van der Waals surface area contributed by atoms with E-state index in [1.807, 2.05) is 13.8 Å². The van der Waals surface area contributed by atoms with Gasteiger partial charge in [-0.1, -0.05) is 108 Å². The predicted octanol–water partition coefficient (Wildman–Crippen LogP) is 7.54. The standard InChI is InChI=1S/C22H20.C2H6.CH4/c1-22(2)20-13-7-8-14-21(22)19-12-6-5-11-18(19)16-9-3-4-10-17(20)15-16;1-2;/h3-14H,15H2,1-2H3;1-2H3;1H4. The topological polar surface area (TPSA) is 0 Å². The molecule has 4 bridgehead atoms. The highest BCUT2D eigenvalue weighted by molar-refractivity contribution is 5.88. The van der Waals surface area contributed by atoms with Gasteiger partial charge in [0.05, 0.1) is 0 Å². The van der Waals surface area contributed by atoms with E-state index in [-0.39, 0.29) is 12.8 Å². The van der Waals surface area contributed by atoms with Gasteiger partial charge in [-0.2, -0.15) is 0 Å². The molecule has 0 heteroatoms. The Kier molecular flexibility index (Phi) is 5.85.